The van der Waals surface area contributed by atoms with Crippen molar-refractivity contribution in [2.24, 2.45) is 29.6 Å². The Labute approximate surface area is 393 Å². The molecule has 1 aliphatic carbocycles. The minimum Gasteiger partial charge on any atom is -0.456 e. The van der Waals surface area contributed by atoms with E-state index >= 15 is 0 Å². The molecule has 1 saturated carbocycles. The monoisotopic (exact) mass is 918 g/mol. The van der Waals surface area contributed by atoms with E-state index in [1.807, 2.05) is 27.7 Å². The lowest BCUT2D eigenvalue weighted by molar-refractivity contribution is -0.302. The Balaban J connectivity index is 1.27. The van der Waals surface area contributed by atoms with E-state index < -0.39 is 59.8 Å². The van der Waals surface area contributed by atoms with Crippen molar-refractivity contribution >= 4 is 40.0 Å². The van der Waals surface area contributed by atoms with E-state index in [0.717, 1.165) is 42.6 Å². The number of fused-ring (bicyclic) bond motifs is 4. The van der Waals surface area contributed by atoms with Crippen LogP contribution in [0, 0.1) is 29.6 Å². The number of hydrogen-bond acceptors (Lipinski definition) is 11. The topological polar surface area (TPSA) is 155 Å². The van der Waals surface area contributed by atoms with Gasteiger partial charge in [0.2, 0.25) is 5.79 Å². The van der Waals surface area contributed by atoms with Crippen LogP contribution in [0.25, 0.3) is 10.9 Å². The smallest absolute Gasteiger partial charge is 0.329 e. The molecule has 13 nitrogen and oxygen atoms in total. The first-order valence-corrected chi connectivity index (χ1v) is 24.8. The molecule has 3 aliphatic heterocycles. The van der Waals surface area contributed by atoms with Gasteiger partial charge in [-0.1, -0.05) is 45.4 Å². The van der Waals surface area contributed by atoms with E-state index in [-0.39, 0.29) is 54.6 Å². The van der Waals surface area contributed by atoms with Crippen molar-refractivity contribution in [2.45, 2.75) is 180 Å². The van der Waals surface area contributed by atoms with Crippen molar-refractivity contribution < 1.29 is 48.0 Å². The molecule has 2 bridgehead atoms. The lowest BCUT2D eigenvalue weighted by atomic mass is 9.81. The number of nitrogens with zero attached hydrogens (tertiary/aromatic N) is 2. The largest absolute Gasteiger partial charge is 0.456 e. The lowest BCUT2D eigenvalue weighted by Crippen LogP contribution is -2.64. The number of hydrogen-bond donors (Lipinski definition) is 2. The van der Waals surface area contributed by atoms with E-state index in [2.05, 4.69) is 66.3 Å². The molecule has 0 spiro atoms. The van der Waals surface area contributed by atoms with Crippen LogP contribution in [-0.2, 0) is 49.4 Å². The standard InChI is InChI=1S/C53H79N3O10/c1-11-38-26-32(3)25-33(4)27-46(63-9)49-47(64-10)29-36(7)53(61,66-49)50(58)51(59)56-23-14-13-15-43(56)52(60)65-48(34(5)16-21-44(38)57)35(6)28-37-17-19-41(45(30-37)62-8)54-40-18-20-42-39(31-40)22-24-55(42)12-2/h18,20,22,24,26,28,31,33-34,36-38,41,43,45-49,54,61H,11-17,19,21,23,25,27,29-30H2,1-10H3/b32-26+,35-28?. The van der Waals surface area contributed by atoms with Crippen LogP contribution in [-0.4, -0.2) is 114 Å². The molecule has 4 heterocycles. The Kier molecular flexibility index (Phi) is 17.9. The number of aliphatic hydroxyl groups is 1. The van der Waals surface area contributed by atoms with Crippen molar-refractivity contribution in [2.75, 3.05) is 33.2 Å². The Morgan fingerprint density at radius 1 is 0.924 bits per heavy atom. The highest BCUT2D eigenvalue weighted by Gasteiger charge is 2.56. The maximum absolute atomic E-state index is 14.5. The summed E-state index contributed by atoms with van der Waals surface area (Å²) in [6.07, 6.45) is 10.8. The van der Waals surface area contributed by atoms with Crippen LogP contribution in [0.1, 0.15) is 126 Å². The molecule has 2 aromatic rings. The van der Waals surface area contributed by atoms with Gasteiger partial charge in [0.05, 0.1) is 24.4 Å². The number of allylic oxidation sites excluding steroid dienone is 3. The maximum Gasteiger partial charge on any atom is 0.329 e. The molecule has 6 rings (SSSR count). The molecular formula is C53H79N3O10. The summed E-state index contributed by atoms with van der Waals surface area (Å²) in [7, 11) is 4.88. The van der Waals surface area contributed by atoms with E-state index in [0.29, 0.717) is 51.4 Å². The van der Waals surface area contributed by atoms with Crippen LogP contribution >= 0.6 is 0 Å². The number of cyclic esters (lactones) is 1. The Morgan fingerprint density at radius 2 is 1.65 bits per heavy atom. The number of carbonyl (C=O) groups excluding carboxylic acids is 4. The second-order valence-corrected chi connectivity index (χ2v) is 20.1. The van der Waals surface area contributed by atoms with Gasteiger partial charge in [0, 0.05) is 75.5 Å². The van der Waals surface area contributed by atoms with Gasteiger partial charge in [-0.25, -0.2) is 4.79 Å². The van der Waals surface area contributed by atoms with Crippen LogP contribution < -0.4 is 5.32 Å². The van der Waals surface area contributed by atoms with Crippen molar-refractivity contribution in [1.29, 1.82) is 0 Å². The summed E-state index contributed by atoms with van der Waals surface area (Å²) >= 11 is 0. The number of aromatic nitrogens is 1. The third kappa shape index (κ3) is 11.7. The molecule has 1 aromatic carbocycles. The van der Waals surface area contributed by atoms with Gasteiger partial charge >= 0.3 is 5.97 Å². The number of amides is 1. The van der Waals surface area contributed by atoms with E-state index in [9.17, 15) is 24.3 Å². The van der Waals surface area contributed by atoms with Gasteiger partial charge in [0.25, 0.3) is 11.7 Å². The van der Waals surface area contributed by atoms with Crippen molar-refractivity contribution in [3.05, 3.63) is 53.8 Å². The average molecular weight is 918 g/mol. The zero-order chi connectivity index (χ0) is 47.9. The predicted molar refractivity (Wildman–Crippen MR) is 256 cm³/mol. The number of benzene rings is 1. The van der Waals surface area contributed by atoms with Gasteiger partial charge in [0.15, 0.2) is 0 Å². The molecular weight excluding hydrogens is 839 g/mol. The van der Waals surface area contributed by atoms with E-state index in [1.165, 1.54) is 15.8 Å². The molecule has 1 aromatic heterocycles. The second-order valence-electron chi connectivity index (χ2n) is 20.1. The molecule has 13 atom stereocenters. The average Bonchev–Trinajstić information content (AvgIpc) is 3.73. The van der Waals surface area contributed by atoms with Crippen LogP contribution in [0.4, 0.5) is 5.69 Å². The zero-order valence-electron chi connectivity index (χ0n) is 41.4. The third-order valence-electron chi connectivity index (χ3n) is 15.3. The van der Waals surface area contributed by atoms with Gasteiger partial charge < -0.3 is 43.6 Å². The number of esters is 1. The molecule has 2 N–H and O–H groups in total. The van der Waals surface area contributed by atoms with Gasteiger partial charge in [0.1, 0.15) is 24.0 Å². The highest BCUT2D eigenvalue weighted by molar-refractivity contribution is 6.39. The fourth-order valence-corrected chi connectivity index (χ4v) is 11.4. The number of anilines is 1. The Bertz CT molecular complexity index is 2060. The lowest BCUT2D eigenvalue weighted by Gasteiger charge is -2.47. The molecule has 13 heteroatoms. The van der Waals surface area contributed by atoms with Crippen molar-refractivity contribution in [3.63, 3.8) is 0 Å². The first-order valence-electron chi connectivity index (χ1n) is 24.8. The maximum atomic E-state index is 14.5. The van der Waals surface area contributed by atoms with Crippen LogP contribution in [0.3, 0.4) is 0 Å². The summed E-state index contributed by atoms with van der Waals surface area (Å²) in [6.45, 7) is 15.1. The second kappa shape index (κ2) is 22.9. The molecule has 2 saturated heterocycles. The summed E-state index contributed by atoms with van der Waals surface area (Å²) in [5.74, 6) is -6.05. The molecule has 13 unspecified atom stereocenters. The minimum absolute atomic E-state index is 0.0593. The number of Topliss-reactive ketones (excluding diaryl/α,β-unsaturated/α-hetero) is 2. The van der Waals surface area contributed by atoms with Gasteiger partial charge in [-0.3, -0.25) is 14.4 Å². The number of ketones is 2. The highest BCUT2D eigenvalue weighted by atomic mass is 16.7. The van der Waals surface area contributed by atoms with Gasteiger partial charge in [-0.15, -0.1) is 0 Å². The molecule has 3 fully saturated rings. The normalized spacial score (nSPS) is 36.0. The number of methoxy groups -OCH3 is 3. The van der Waals surface area contributed by atoms with Crippen LogP contribution in [0.5, 0.6) is 0 Å². The Hall–Kier alpha value is -3.88. The van der Waals surface area contributed by atoms with Crippen LogP contribution in [0.15, 0.2) is 53.8 Å². The SMILES string of the molecule is CCC1/C=C(\C)CC(C)CC(OC)C2OC(O)(C(=O)C(=O)N3CCCCC3C(=O)OC(C(C)=CC3CCC(Nc4ccc5c(ccn5CC)c4)C(OC)C3)C(C)CCC1=O)C(C)CC2OC. The number of ether oxygens (including phenoxy) is 5. The number of piperidine rings is 1. The summed E-state index contributed by atoms with van der Waals surface area (Å²) in [4.78, 5) is 58.5. The van der Waals surface area contributed by atoms with Gasteiger partial charge in [-0.2, -0.15) is 0 Å². The molecule has 66 heavy (non-hydrogen) atoms. The summed E-state index contributed by atoms with van der Waals surface area (Å²) < 4.78 is 33.0. The van der Waals surface area contributed by atoms with Gasteiger partial charge in [-0.05, 0) is 139 Å². The number of rotatable bonds is 9. The molecule has 366 valence electrons. The minimum atomic E-state index is -2.47. The number of carbonyl (C=O) groups is 4. The molecule has 1 amide bonds. The zero-order valence-corrected chi connectivity index (χ0v) is 41.4. The van der Waals surface area contributed by atoms with Crippen molar-refractivity contribution in [1.82, 2.24) is 9.47 Å². The first-order chi connectivity index (χ1) is 31.5. The number of aryl methyl sites for hydroxylation is 1. The summed E-state index contributed by atoms with van der Waals surface area (Å²) in [5.41, 5.74) is 4.24. The Morgan fingerprint density at radius 3 is 2.35 bits per heavy atom. The fourth-order valence-electron chi connectivity index (χ4n) is 11.4. The molecule has 0 radical (unpaired) electrons. The molecule has 4 aliphatic rings. The van der Waals surface area contributed by atoms with E-state index in [1.54, 1.807) is 28.3 Å². The first kappa shape index (κ1) is 51.5. The summed E-state index contributed by atoms with van der Waals surface area (Å²) in [6, 6.07) is 7.71. The predicted octanol–water partition coefficient (Wildman–Crippen LogP) is 8.60. The van der Waals surface area contributed by atoms with Crippen molar-refractivity contribution in [3.8, 4) is 0 Å². The quantitative estimate of drug-likeness (QED) is 0.141. The van der Waals surface area contributed by atoms with E-state index in [4.69, 9.17) is 23.7 Å². The third-order valence-corrected chi connectivity index (χ3v) is 15.3. The number of nitrogens with one attached hydrogen (secondary N) is 1. The van der Waals surface area contributed by atoms with Crippen LogP contribution in [0.2, 0.25) is 0 Å². The summed E-state index contributed by atoms with van der Waals surface area (Å²) in [5, 5.41) is 17.1. The highest BCUT2D eigenvalue weighted by Crippen LogP contribution is 2.39. The fraction of sp³-hybridized carbons (Fsp3) is 0.698.